The molecule has 1 heterocycles. The smallest absolute Gasteiger partial charge is 0.234 e. The summed E-state index contributed by atoms with van der Waals surface area (Å²) < 4.78 is 0. The Balaban J connectivity index is 0.000000677. The van der Waals surface area contributed by atoms with E-state index in [1.165, 1.54) is 24.8 Å². The summed E-state index contributed by atoms with van der Waals surface area (Å²) in [7, 11) is 0. The van der Waals surface area contributed by atoms with Gasteiger partial charge in [-0.25, -0.2) is 0 Å². The van der Waals surface area contributed by atoms with Gasteiger partial charge in [-0.05, 0) is 30.4 Å². The molecule has 1 N–H and O–H groups in total. The van der Waals surface area contributed by atoms with E-state index < -0.39 is 0 Å². The summed E-state index contributed by atoms with van der Waals surface area (Å²) in [5.74, 6) is -0.480. The summed E-state index contributed by atoms with van der Waals surface area (Å²) in [5, 5.41) is 2.40. The van der Waals surface area contributed by atoms with Gasteiger partial charge in [0.1, 0.15) is 0 Å². The molecule has 1 fully saturated rings. The van der Waals surface area contributed by atoms with Crippen molar-refractivity contribution in [2.24, 2.45) is 0 Å². The average molecular weight is 289 g/mol. The maximum absolute atomic E-state index is 11.7. The number of aryl methyl sites for hydroxylation is 1. The van der Waals surface area contributed by atoms with Gasteiger partial charge in [-0.1, -0.05) is 57.9 Å². The first-order valence-corrected chi connectivity index (χ1v) is 8.04. The molecule has 1 aromatic rings. The minimum absolute atomic E-state index is 0.157. The van der Waals surface area contributed by atoms with E-state index >= 15 is 0 Å². The van der Waals surface area contributed by atoms with Crippen LogP contribution in [0.1, 0.15) is 69.9 Å². The fourth-order valence-electron chi connectivity index (χ4n) is 2.31. The predicted molar refractivity (Wildman–Crippen MR) is 86.1 cm³/mol. The summed E-state index contributed by atoms with van der Waals surface area (Å²) in [6.45, 7) is 6.43. The SMILES string of the molecule is CCC.CCCCc1ccc(C2CCC(=O)NC2=O)cc1. The van der Waals surface area contributed by atoms with Crippen LogP contribution in [0.5, 0.6) is 0 Å². The Hall–Kier alpha value is -1.64. The van der Waals surface area contributed by atoms with Gasteiger partial charge in [-0.15, -0.1) is 0 Å². The number of carbonyl (C=O) groups is 2. The van der Waals surface area contributed by atoms with E-state index in [2.05, 4.69) is 38.2 Å². The molecule has 1 saturated heterocycles. The number of rotatable bonds is 4. The number of carbonyl (C=O) groups excluding carboxylic acids is 2. The summed E-state index contributed by atoms with van der Waals surface area (Å²) in [6.07, 6.45) is 5.78. The van der Waals surface area contributed by atoms with E-state index in [1.54, 1.807) is 0 Å². The highest BCUT2D eigenvalue weighted by Crippen LogP contribution is 2.25. The monoisotopic (exact) mass is 289 g/mol. The third kappa shape index (κ3) is 5.70. The molecule has 1 aliphatic heterocycles. The quantitative estimate of drug-likeness (QED) is 0.853. The molecule has 116 valence electrons. The van der Waals surface area contributed by atoms with E-state index in [9.17, 15) is 9.59 Å². The molecule has 0 spiro atoms. The van der Waals surface area contributed by atoms with Crippen molar-refractivity contribution in [3.05, 3.63) is 35.4 Å². The van der Waals surface area contributed by atoms with Gasteiger partial charge in [0.15, 0.2) is 0 Å². The maximum Gasteiger partial charge on any atom is 0.234 e. The average Bonchev–Trinajstić information content (AvgIpc) is 2.47. The van der Waals surface area contributed by atoms with Crippen LogP contribution in [-0.4, -0.2) is 11.8 Å². The Morgan fingerprint density at radius 3 is 2.24 bits per heavy atom. The summed E-state index contributed by atoms with van der Waals surface area (Å²) in [4.78, 5) is 22.8. The molecule has 0 bridgehead atoms. The van der Waals surface area contributed by atoms with Gasteiger partial charge in [0.25, 0.3) is 0 Å². The Bertz CT molecular complexity index is 451. The van der Waals surface area contributed by atoms with Crippen molar-refractivity contribution in [2.75, 3.05) is 0 Å². The number of hydrogen-bond acceptors (Lipinski definition) is 2. The molecule has 2 amide bonds. The van der Waals surface area contributed by atoms with Crippen molar-refractivity contribution in [3.8, 4) is 0 Å². The highest BCUT2D eigenvalue weighted by molar-refractivity contribution is 6.00. The van der Waals surface area contributed by atoms with Gasteiger partial charge < -0.3 is 0 Å². The molecule has 3 heteroatoms. The summed E-state index contributed by atoms with van der Waals surface area (Å²) in [5.41, 5.74) is 2.33. The van der Waals surface area contributed by atoms with Crippen LogP contribution >= 0.6 is 0 Å². The third-order valence-electron chi connectivity index (χ3n) is 3.44. The molecule has 1 atom stereocenters. The fourth-order valence-corrected chi connectivity index (χ4v) is 2.31. The van der Waals surface area contributed by atoms with Crippen molar-refractivity contribution in [3.63, 3.8) is 0 Å². The molecule has 0 radical (unpaired) electrons. The zero-order valence-electron chi connectivity index (χ0n) is 13.4. The van der Waals surface area contributed by atoms with Crippen LogP contribution in [0.4, 0.5) is 0 Å². The Morgan fingerprint density at radius 1 is 1.10 bits per heavy atom. The van der Waals surface area contributed by atoms with Crippen LogP contribution in [0.25, 0.3) is 0 Å². The highest BCUT2D eigenvalue weighted by atomic mass is 16.2. The van der Waals surface area contributed by atoms with E-state index in [1.807, 2.05) is 12.1 Å². The van der Waals surface area contributed by atoms with Crippen LogP contribution in [0.2, 0.25) is 0 Å². The number of amides is 2. The number of imide groups is 1. The van der Waals surface area contributed by atoms with E-state index in [0.29, 0.717) is 12.8 Å². The van der Waals surface area contributed by atoms with Crippen LogP contribution in [0.15, 0.2) is 24.3 Å². The molecule has 1 aliphatic rings. The van der Waals surface area contributed by atoms with Gasteiger partial charge >= 0.3 is 0 Å². The van der Waals surface area contributed by atoms with Crippen molar-refractivity contribution >= 4 is 11.8 Å². The second-order valence-electron chi connectivity index (χ2n) is 5.56. The predicted octanol–water partition coefficient (Wildman–Crippen LogP) is 3.97. The fraction of sp³-hybridized carbons (Fsp3) is 0.556. The van der Waals surface area contributed by atoms with Crippen molar-refractivity contribution in [1.82, 2.24) is 5.32 Å². The highest BCUT2D eigenvalue weighted by Gasteiger charge is 2.27. The third-order valence-corrected chi connectivity index (χ3v) is 3.44. The number of benzene rings is 1. The standard InChI is InChI=1S/C15H19NO2.C3H8/c1-2-3-4-11-5-7-12(8-6-11)13-9-10-14(17)16-15(13)18;1-3-2/h5-8,13H,2-4,9-10H2,1H3,(H,16,17,18);3H2,1-2H3. The lowest BCUT2D eigenvalue weighted by atomic mass is 9.90. The lowest BCUT2D eigenvalue weighted by Gasteiger charge is -2.21. The zero-order chi connectivity index (χ0) is 15.7. The second kappa shape index (κ2) is 9.32. The molecular formula is C18H27NO2. The number of unbranched alkanes of at least 4 members (excludes halogenated alkanes) is 1. The largest absolute Gasteiger partial charge is 0.296 e. The van der Waals surface area contributed by atoms with Crippen LogP contribution < -0.4 is 5.32 Å². The molecule has 0 aromatic heterocycles. The lowest BCUT2D eigenvalue weighted by Crippen LogP contribution is -2.39. The van der Waals surface area contributed by atoms with E-state index in [0.717, 1.165) is 12.0 Å². The Labute approximate surface area is 128 Å². The van der Waals surface area contributed by atoms with Crippen LogP contribution in [0.3, 0.4) is 0 Å². The van der Waals surface area contributed by atoms with Gasteiger partial charge in [0.2, 0.25) is 11.8 Å². The molecule has 21 heavy (non-hydrogen) atoms. The number of nitrogens with one attached hydrogen (secondary N) is 1. The van der Waals surface area contributed by atoms with Gasteiger partial charge in [0, 0.05) is 6.42 Å². The summed E-state index contributed by atoms with van der Waals surface area (Å²) >= 11 is 0. The number of hydrogen-bond donors (Lipinski definition) is 1. The molecule has 1 aromatic carbocycles. The van der Waals surface area contributed by atoms with Crippen molar-refractivity contribution in [1.29, 1.82) is 0 Å². The summed E-state index contributed by atoms with van der Waals surface area (Å²) in [6, 6.07) is 8.22. The van der Waals surface area contributed by atoms with Crippen molar-refractivity contribution < 1.29 is 9.59 Å². The first-order chi connectivity index (χ1) is 10.1. The molecule has 0 aliphatic carbocycles. The van der Waals surface area contributed by atoms with Gasteiger partial charge in [-0.2, -0.15) is 0 Å². The van der Waals surface area contributed by atoms with Gasteiger partial charge in [0.05, 0.1) is 5.92 Å². The molecule has 0 saturated carbocycles. The topological polar surface area (TPSA) is 46.2 Å². The molecule has 2 rings (SSSR count). The maximum atomic E-state index is 11.7. The second-order valence-corrected chi connectivity index (χ2v) is 5.56. The first kappa shape index (κ1) is 17.4. The Morgan fingerprint density at radius 2 is 1.71 bits per heavy atom. The minimum atomic E-state index is -0.164. The molecule has 1 unspecified atom stereocenters. The minimum Gasteiger partial charge on any atom is -0.296 e. The van der Waals surface area contributed by atoms with Crippen LogP contribution in [-0.2, 0) is 16.0 Å². The van der Waals surface area contributed by atoms with Crippen LogP contribution in [0, 0.1) is 0 Å². The van der Waals surface area contributed by atoms with E-state index in [4.69, 9.17) is 0 Å². The van der Waals surface area contributed by atoms with Gasteiger partial charge in [-0.3, -0.25) is 14.9 Å². The molecule has 3 nitrogen and oxygen atoms in total. The zero-order valence-corrected chi connectivity index (χ0v) is 13.4. The molecular weight excluding hydrogens is 262 g/mol. The van der Waals surface area contributed by atoms with Crippen molar-refractivity contribution in [2.45, 2.75) is 65.2 Å². The first-order valence-electron chi connectivity index (χ1n) is 8.04. The number of piperidine rings is 1. The normalized spacial score (nSPS) is 17.8. The lowest BCUT2D eigenvalue weighted by molar-refractivity contribution is -0.134. The van der Waals surface area contributed by atoms with E-state index in [-0.39, 0.29) is 17.7 Å². The Kier molecular flexibility index (Phi) is 7.73.